The van der Waals surface area contributed by atoms with Crippen LogP contribution < -0.4 is 10.6 Å². The summed E-state index contributed by atoms with van der Waals surface area (Å²) < 4.78 is 6.60. The first-order valence-electron chi connectivity index (χ1n) is 7.77. The predicted molar refractivity (Wildman–Crippen MR) is 117 cm³/mol. The molecule has 0 aliphatic rings. The van der Waals surface area contributed by atoms with Gasteiger partial charge in [-0.25, -0.2) is 0 Å². The van der Waals surface area contributed by atoms with Crippen molar-refractivity contribution in [3.05, 3.63) is 74.4 Å². The van der Waals surface area contributed by atoms with Gasteiger partial charge in [-0.05, 0) is 73.2 Å². The number of thiocarbonyl (C=S) groups is 1. The van der Waals surface area contributed by atoms with Crippen molar-refractivity contribution in [3.8, 4) is 11.3 Å². The molecule has 0 aliphatic carbocycles. The second-order valence-electron chi connectivity index (χ2n) is 5.66. The fraction of sp³-hybridized carbons (Fsp3) is 0.0526. The molecular formula is C19H13BrCl2N2O2S. The summed E-state index contributed by atoms with van der Waals surface area (Å²) in [4.78, 5) is 12.3. The number of rotatable bonds is 3. The number of carbonyl (C=O) groups is 1. The lowest BCUT2D eigenvalue weighted by atomic mass is 10.2. The van der Waals surface area contributed by atoms with E-state index in [0.717, 1.165) is 21.3 Å². The van der Waals surface area contributed by atoms with Crippen LogP contribution in [-0.2, 0) is 0 Å². The smallest absolute Gasteiger partial charge is 0.293 e. The maximum atomic E-state index is 12.3. The van der Waals surface area contributed by atoms with E-state index in [0.29, 0.717) is 15.8 Å². The van der Waals surface area contributed by atoms with Gasteiger partial charge in [0.05, 0.1) is 10.0 Å². The Morgan fingerprint density at radius 3 is 2.56 bits per heavy atom. The Balaban J connectivity index is 1.67. The standard InChI is InChI=1S/C19H13BrCl2N2O2S/c1-10-8-12(3-4-13(10)20)23-19(27)24-18(25)17-7-6-16(26-17)11-2-5-14(21)15(22)9-11/h2-9H,1H3,(H2,23,24,25,27). The first-order chi connectivity index (χ1) is 12.8. The van der Waals surface area contributed by atoms with Gasteiger partial charge in [0.25, 0.3) is 5.91 Å². The number of carbonyl (C=O) groups excluding carboxylic acids is 1. The molecule has 4 nitrogen and oxygen atoms in total. The molecule has 1 aromatic heterocycles. The van der Waals surface area contributed by atoms with Gasteiger partial charge in [-0.2, -0.15) is 0 Å². The molecule has 0 saturated carbocycles. The Morgan fingerprint density at radius 2 is 1.85 bits per heavy atom. The number of amides is 1. The van der Waals surface area contributed by atoms with Crippen LogP contribution in [0.3, 0.4) is 0 Å². The van der Waals surface area contributed by atoms with E-state index in [4.69, 9.17) is 39.8 Å². The zero-order valence-corrected chi connectivity index (χ0v) is 17.9. The van der Waals surface area contributed by atoms with E-state index in [-0.39, 0.29) is 10.9 Å². The van der Waals surface area contributed by atoms with Gasteiger partial charge in [0.1, 0.15) is 5.76 Å². The number of hydrogen-bond acceptors (Lipinski definition) is 3. The quantitative estimate of drug-likeness (QED) is 0.420. The summed E-state index contributed by atoms with van der Waals surface area (Å²) in [6.07, 6.45) is 0. The SMILES string of the molecule is Cc1cc(NC(=S)NC(=O)c2ccc(-c3ccc(Cl)c(Cl)c3)o2)ccc1Br. The maximum absolute atomic E-state index is 12.3. The van der Waals surface area contributed by atoms with Crippen molar-refractivity contribution in [2.75, 3.05) is 5.32 Å². The minimum absolute atomic E-state index is 0.132. The number of nitrogens with one attached hydrogen (secondary N) is 2. The molecule has 0 radical (unpaired) electrons. The van der Waals surface area contributed by atoms with Crippen LogP contribution in [0.15, 0.2) is 57.4 Å². The lowest BCUT2D eigenvalue weighted by Gasteiger charge is -2.10. The molecule has 0 atom stereocenters. The first-order valence-corrected chi connectivity index (χ1v) is 9.73. The average molecular weight is 484 g/mol. The molecule has 1 heterocycles. The Hall–Kier alpha value is -1.86. The second-order valence-corrected chi connectivity index (χ2v) is 7.74. The highest BCUT2D eigenvalue weighted by atomic mass is 79.9. The lowest BCUT2D eigenvalue weighted by Crippen LogP contribution is -2.33. The maximum Gasteiger partial charge on any atom is 0.293 e. The molecule has 0 bridgehead atoms. The van der Waals surface area contributed by atoms with Crippen LogP contribution in [0.4, 0.5) is 5.69 Å². The van der Waals surface area contributed by atoms with Crippen molar-refractivity contribution < 1.29 is 9.21 Å². The molecule has 27 heavy (non-hydrogen) atoms. The van der Waals surface area contributed by atoms with Crippen molar-refractivity contribution in [2.24, 2.45) is 0 Å². The van der Waals surface area contributed by atoms with Gasteiger partial charge in [0, 0.05) is 15.7 Å². The second kappa shape index (κ2) is 8.44. The van der Waals surface area contributed by atoms with Crippen LogP contribution in [0.2, 0.25) is 10.0 Å². The van der Waals surface area contributed by atoms with Crippen molar-refractivity contribution in [1.82, 2.24) is 5.32 Å². The predicted octanol–water partition coefficient (Wildman–Crippen LogP) is 6.45. The van der Waals surface area contributed by atoms with Gasteiger partial charge >= 0.3 is 0 Å². The normalized spacial score (nSPS) is 10.5. The molecule has 1 amide bonds. The highest BCUT2D eigenvalue weighted by Gasteiger charge is 2.14. The molecular weight excluding hydrogens is 471 g/mol. The first kappa shape index (κ1) is 19.9. The molecule has 3 aromatic rings. The van der Waals surface area contributed by atoms with Crippen LogP contribution in [0, 0.1) is 6.92 Å². The zero-order valence-electron chi connectivity index (χ0n) is 14.0. The molecule has 3 rings (SSSR count). The van der Waals surface area contributed by atoms with Crippen LogP contribution in [-0.4, -0.2) is 11.0 Å². The molecule has 0 aliphatic heterocycles. The lowest BCUT2D eigenvalue weighted by molar-refractivity contribution is 0.0951. The van der Waals surface area contributed by atoms with Gasteiger partial charge in [-0.1, -0.05) is 39.1 Å². The van der Waals surface area contributed by atoms with Crippen LogP contribution in [0.5, 0.6) is 0 Å². The van der Waals surface area contributed by atoms with Crippen LogP contribution >= 0.6 is 51.3 Å². The number of halogens is 3. The van der Waals surface area contributed by atoms with E-state index >= 15 is 0 Å². The molecule has 0 unspecified atom stereocenters. The third-order valence-electron chi connectivity index (χ3n) is 3.68. The number of benzene rings is 2. The minimum Gasteiger partial charge on any atom is -0.451 e. The summed E-state index contributed by atoms with van der Waals surface area (Å²) >= 11 is 20.6. The van der Waals surface area contributed by atoms with Crippen molar-refractivity contribution >= 4 is 68.1 Å². The molecule has 0 fully saturated rings. The monoisotopic (exact) mass is 482 g/mol. The van der Waals surface area contributed by atoms with E-state index in [1.807, 2.05) is 25.1 Å². The Kier molecular flexibility index (Phi) is 6.22. The van der Waals surface area contributed by atoms with Gasteiger partial charge in [0.2, 0.25) is 0 Å². The summed E-state index contributed by atoms with van der Waals surface area (Å²) in [5, 5.41) is 6.59. The summed E-state index contributed by atoms with van der Waals surface area (Å²) in [6.45, 7) is 1.96. The molecule has 2 aromatic carbocycles. The van der Waals surface area contributed by atoms with Gasteiger partial charge in [-0.3, -0.25) is 10.1 Å². The highest BCUT2D eigenvalue weighted by Crippen LogP contribution is 2.29. The Morgan fingerprint density at radius 1 is 1.07 bits per heavy atom. The molecule has 0 spiro atoms. The van der Waals surface area contributed by atoms with Crippen LogP contribution in [0.1, 0.15) is 16.1 Å². The number of furan rings is 1. The van der Waals surface area contributed by atoms with Crippen molar-refractivity contribution in [1.29, 1.82) is 0 Å². The summed E-state index contributed by atoms with van der Waals surface area (Å²) in [6, 6.07) is 14.0. The molecule has 8 heteroatoms. The third kappa shape index (κ3) is 4.90. The van der Waals surface area contributed by atoms with E-state index in [1.54, 1.807) is 30.3 Å². The van der Waals surface area contributed by atoms with Gasteiger partial charge in [-0.15, -0.1) is 0 Å². The number of aryl methyl sites for hydroxylation is 1. The Bertz CT molecular complexity index is 1040. The van der Waals surface area contributed by atoms with Crippen LogP contribution in [0.25, 0.3) is 11.3 Å². The molecule has 0 saturated heterocycles. The summed E-state index contributed by atoms with van der Waals surface area (Å²) in [5.74, 6) is 0.181. The highest BCUT2D eigenvalue weighted by molar-refractivity contribution is 9.10. The van der Waals surface area contributed by atoms with Crippen molar-refractivity contribution in [3.63, 3.8) is 0 Å². The number of hydrogen-bond donors (Lipinski definition) is 2. The average Bonchev–Trinajstić information content (AvgIpc) is 3.11. The minimum atomic E-state index is -0.451. The van der Waals surface area contributed by atoms with E-state index < -0.39 is 5.91 Å². The topological polar surface area (TPSA) is 54.3 Å². The van der Waals surface area contributed by atoms with Crippen molar-refractivity contribution in [2.45, 2.75) is 6.92 Å². The van der Waals surface area contributed by atoms with Gasteiger partial charge < -0.3 is 9.73 Å². The van der Waals surface area contributed by atoms with E-state index in [2.05, 4.69) is 26.6 Å². The Labute approximate surface area is 180 Å². The fourth-order valence-corrected chi connectivity index (χ4v) is 3.07. The summed E-state index contributed by atoms with van der Waals surface area (Å²) in [7, 11) is 0. The molecule has 138 valence electrons. The van der Waals surface area contributed by atoms with E-state index in [1.165, 1.54) is 0 Å². The van der Waals surface area contributed by atoms with E-state index in [9.17, 15) is 4.79 Å². The van der Waals surface area contributed by atoms with Gasteiger partial charge in [0.15, 0.2) is 10.9 Å². The molecule has 2 N–H and O–H groups in total. The summed E-state index contributed by atoms with van der Waals surface area (Å²) in [5.41, 5.74) is 2.54. The number of anilines is 1. The third-order valence-corrected chi connectivity index (χ3v) is 5.51. The largest absolute Gasteiger partial charge is 0.451 e. The fourth-order valence-electron chi connectivity index (χ4n) is 2.31. The zero-order chi connectivity index (χ0) is 19.6.